The highest BCUT2D eigenvalue weighted by Crippen LogP contribution is 2.45. The molecule has 1 amide bonds. The van der Waals surface area contributed by atoms with Gasteiger partial charge in [0.15, 0.2) is 5.82 Å². The van der Waals surface area contributed by atoms with Crippen molar-refractivity contribution in [3.63, 3.8) is 0 Å². The van der Waals surface area contributed by atoms with Gasteiger partial charge in [-0.1, -0.05) is 12.1 Å². The van der Waals surface area contributed by atoms with Crippen LogP contribution in [-0.2, 0) is 6.42 Å². The van der Waals surface area contributed by atoms with Gasteiger partial charge in [-0.2, -0.15) is 4.98 Å². The Morgan fingerprint density at radius 1 is 1.42 bits per heavy atom. The zero-order chi connectivity index (χ0) is 16.7. The summed E-state index contributed by atoms with van der Waals surface area (Å²) in [6.45, 7) is 3.50. The number of oxazole rings is 1. The van der Waals surface area contributed by atoms with Crippen molar-refractivity contribution in [1.29, 1.82) is 0 Å². The van der Waals surface area contributed by atoms with E-state index in [4.69, 9.17) is 4.52 Å². The van der Waals surface area contributed by atoms with Gasteiger partial charge in [0.2, 0.25) is 5.89 Å². The Hall–Kier alpha value is -2.38. The van der Waals surface area contributed by atoms with E-state index in [-0.39, 0.29) is 11.6 Å². The van der Waals surface area contributed by atoms with E-state index in [0.717, 1.165) is 31.5 Å². The number of hydrogen-bond donors (Lipinski definition) is 1. The molecule has 1 N–H and O–H groups in total. The first-order chi connectivity index (χ1) is 11.6. The van der Waals surface area contributed by atoms with E-state index in [1.807, 2.05) is 0 Å². The maximum absolute atomic E-state index is 12.2. The smallest absolute Gasteiger partial charge is 0.416 e. The van der Waals surface area contributed by atoms with Gasteiger partial charge in [0.05, 0.1) is 0 Å². The third-order valence-corrected chi connectivity index (χ3v) is 5.04. The molecule has 8 nitrogen and oxygen atoms in total. The van der Waals surface area contributed by atoms with E-state index in [2.05, 4.69) is 26.5 Å². The van der Waals surface area contributed by atoms with Gasteiger partial charge in [-0.15, -0.1) is 0 Å². The van der Waals surface area contributed by atoms with Gasteiger partial charge in [-0.3, -0.25) is 9.78 Å². The van der Waals surface area contributed by atoms with Gasteiger partial charge >= 0.3 is 5.76 Å². The van der Waals surface area contributed by atoms with Gasteiger partial charge in [0, 0.05) is 25.4 Å². The fourth-order valence-electron chi connectivity index (χ4n) is 3.33. The molecule has 2 aromatic rings. The minimum Gasteiger partial charge on any atom is -0.416 e. The molecular formula is C16H20N4O4. The first-order valence-electron chi connectivity index (χ1n) is 8.39. The summed E-state index contributed by atoms with van der Waals surface area (Å²) in [5, 5.41) is 4.08. The molecule has 0 spiro atoms. The Bertz CT molecular complexity index is 784. The van der Waals surface area contributed by atoms with Crippen molar-refractivity contribution < 1.29 is 13.7 Å². The average molecular weight is 332 g/mol. The predicted octanol–water partition coefficient (Wildman–Crippen LogP) is 1.57. The number of aromatic amines is 1. The maximum atomic E-state index is 12.2. The molecule has 1 saturated heterocycles. The summed E-state index contributed by atoms with van der Waals surface area (Å²) in [6.07, 6.45) is 4.85. The summed E-state index contributed by atoms with van der Waals surface area (Å²) in [5.41, 5.74) is 0.207. The first-order valence-corrected chi connectivity index (χ1v) is 8.39. The van der Waals surface area contributed by atoms with Crippen LogP contribution >= 0.6 is 0 Å². The minimum atomic E-state index is -0.606. The molecule has 0 bridgehead atoms. The van der Waals surface area contributed by atoms with Gasteiger partial charge in [-0.05, 0) is 31.1 Å². The number of piperidine rings is 1. The Morgan fingerprint density at radius 3 is 2.79 bits per heavy atom. The van der Waals surface area contributed by atoms with Crippen molar-refractivity contribution in [2.45, 2.75) is 38.5 Å². The number of rotatable bonds is 4. The predicted molar refractivity (Wildman–Crippen MR) is 82.5 cm³/mol. The monoisotopic (exact) mass is 332 g/mol. The summed E-state index contributed by atoms with van der Waals surface area (Å²) in [7, 11) is 0. The molecule has 4 rings (SSSR count). The van der Waals surface area contributed by atoms with Crippen molar-refractivity contribution in [1.82, 2.24) is 20.0 Å². The summed E-state index contributed by atoms with van der Waals surface area (Å²) >= 11 is 0. The minimum absolute atomic E-state index is 0.193. The Labute approximate surface area is 138 Å². The molecule has 3 heterocycles. The number of amides is 1. The van der Waals surface area contributed by atoms with E-state index in [1.165, 1.54) is 6.26 Å². The molecule has 2 aromatic heterocycles. The highest BCUT2D eigenvalue weighted by Gasteiger charge is 2.38. The number of nitrogens with one attached hydrogen (secondary N) is 1. The van der Waals surface area contributed by atoms with E-state index in [0.29, 0.717) is 36.7 Å². The van der Waals surface area contributed by atoms with Crippen LogP contribution in [0.5, 0.6) is 0 Å². The molecule has 8 heteroatoms. The highest BCUT2D eigenvalue weighted by atomic mass is 16.5. The van der Waals surface area contributed by atoms with Crippen molar-refractivity contribution in [3.05, 3.63) is 34.2 Å². The summed E-state index contributed by atoms with van der Waals surface area (Å²) in [5.74, 6) is 2.31. The quantitative estimate of drug-likeness (QED) is 0.911. The van der Waals surface area contributed by atoms with E-state index in [9.17, 15) is 9.59 Å². The second-order valence-electron chi connectivity index (χ2n) is 6.87. The molecule has 2 unspecified atom stereocenters. The lowest BCUT2D eigenvalue weighted by Gasteiger charge is -2.30. The second-order valence-corrected chi connectivity index (χ2v) is 6.87. The third kappa shape index (κ3) is 3.00. The van der Waals surface area contributed by atoms with Crippen LogP contribution in [0.4, 0.5) is 0 Å². The first kappa shape index (κ1) is 15.2. The van der Waals surface area contributed by atoms with E-state index >= 15 is 0 Å². The van der Waals surface area contributed by atoms with Crippen LogP contribution in [0, 0.1) is 11.8 Å². The SMILES string of the molecule is CC1CC1c1noc(CC2CCN(C(=O)c3coc(=O)[nH]3)CC2)n1. The molecule has 2 atom stereocenters. The van der Waals surface area contributed by atoms with Crippen molar-refractivity contribution in [2.24, 2.45) is 11.8 Å². The third-order valence-electron chi connectivity index (χ3n) is 5.04. The fraction of sp³-hybridized carbons (Fsp3) is 0.625. The zero-order valence-corrected chi connectivity index (χ0v) is 13.5. The number of nitrogens with zero attached hydrogens (tertiary/aromatic N) is 3. The van der Waals surface area contributed by atoms with Crippen LogP contribution in [0.2, 0.25) is 0 Å². The number of H-pyrrole nitrogens is 1. The molecule has 2 fully saturated rings. The summed E-state index contributed by atoms with van der Waals surface area (Å²) in [4.78, 5) is 31.9. The Balaban J connectivity index is 1.30. The molecule has 1 saturated carbocycles. The zero-order valence-electron chi connectivity index (χ0n) is 13.5. The van der Waals surface area contributed by atoms with Gasteiger partial charge in [-0.25, -0.2) is 4.79 Å². The molecule has 128 valence electrons. The van der Waals surface area contributed by atoms with Crippen LogP contribution in [0.1, 0.15) is 54.3 Å². The Kier molecular flexibility index (Phi) is 3.74. The van der Waals surface area contributed by atoms with E-state index < -0.39 is 5.76 Å². The number of carbonyl (C=O) groups excluding carboxylic acids is 1. The molecule has 0 aromatic carbocycles. The van der Waals surface area contributed by atoms with Crippen LogP contribution in [-0.4, -0.2) is 39.0 Å². The molecular weight excluding hydrogens is 312 g/mol. The van der Waals surface area contributed by atoms with Crippen LogP contribution in [0.25, 0.3) is 0 Å². The fourth-order valence-corrected chi connectivity index (χ4v) is 3.33. The normalized spacial score (nSPS) is 24.3. The van der Waals surface area contributed by atoms with Crippen molar-refractivity contribution >= 4 is 5.91 Å². The maximum Gasteiger partial charge on any atom is 0.416 e. The summed E-state index contributed by atoms with van der Waals surface area (Å²) < 4.78 is 9.99. The van der Waals surface area contributed by atoms with Crippen LogP contribution < -0.4 is 5.76 Å². The number of likely N-dealkylation sites (tertiary alicyclic amines) is 1. The van der Waals surface area contributed by atoms with Crippen LogP contribution in [0.3, 0.4) is 0 Å². The summed E-state index contributed by atoms with van der Waals surface area (Å²) in [6, 6.07) is 0. The number of aromatic nitrogens is 3. The van der Waals surface area contributed by atoms with Crippen molar-refractivity contribution in [2.75, 3.05) is 13.1 Å². The molecule has 1 aliphatic heterocycles. The standard InChI is InChI=1S/C16H20N4O4/c1-9-6-11(9)14-18-13(24-19-14)7-10-2-4-20(5-3-10)15(21)12-8-23-16(22)17-12/h8-11H,2-7H2,1H3,(H,17,22). The van der Waals surface area contributed by atoms with Crippen molar-refractivity contribution in [3.8, 4) is 0 Å². The van der Waals surface area contributed by atoms with Gasteiger partial charge in [0.25, 0.3) is 5.91 Å². The number of hydrogen-bond acceptors (Lipinski definition) is 6. The lowest BCUT2D eigenvalue weighted by Crippen LogP contribution is -2.39. The molecule has 24 heavy (non-hydrogen) atoms. The number of carbonyl (C=O) groups is 1. The molecule has 2 aliphatic rings. The Morgan fingerprint density at radius 2 is 2.17 bits per heavy atom. The lowest BCUT2D eigenvalue weighted by molar-refractivity contribution is 0.0681. The topological polar surface area (TPSA) is 105 Å². The van der Waals surface area contributed by atoms with Gasteiger partial charge < -0.3 is 13.8 Å². The highest BCUT2D eigenvalue weighted by molar-refractivity contribution is 5.91. The molecule has 0 radical (unpaired) electrons. The second kappa shape index (κ2) is 5.92. The van der Waals surface area contributed by atoms with Crippen LogP contribution in [0.15, 0.2) is 20.0 Å². The average Bonchev–Trinajstić information content (AvgIpc) is 2.98. The molecule has 1 aliphatic carbocycles. The van der Waals surface area contributed by atoms with Gasteiger partial charge in [0.1, 0.15) is 12.0 Å². The largest absolute Gasteiger partial charge is 0.416 e. The lowest BCUT2D eigenvalue weighted by atomic mass is 9.93. The van der Waals surface area contributed by atoms with E-state index in [1.54, 1.807) is 4.90 Å².